The topological polar surface area (TPSA) is 89.1 Å². The van der Waals surface area contributed by atoms with Crippen molar-refractivity contribution in [1.82, 2.24) is 15.5 Å². The molecule has 0 aromatic heterocycles. The van der Waals surface area contributed by atoms with Gasteiger partial charge in [-0.2, -0.15) is 0 Å². The highest BCUT2D eigenvalue weighted by Gasteiger charge is 2.26. The minimum Gasteiger partial charge on any atom is -0.454 e. The summed E-state index contributed by atoms with van der Waals surface area (Å²) in [6, 6.07) is 5.71. The summed E-state index contributed by atoms with van der Waals surface area (Å²) in [6.45, 7) is 7.78. The summed E-state index contributed by atoms with van der Waals surface area (Å²) in [7, 11) is 0. The number of morpholine rings is 1. The number of ether oxygens (including phenoxy) is 3. The van der Waals surface area contributed by atoms with Crippen molar-refractivity contribution in [3.63, 3.8) is 0 Å². The summed E-state index contributed by atoms with van der Waals surface area (Å²) in [5.74, 6) is 0.490. The van der Waals surface area contributed by atoms with Crippen molar-refractivity contribution in [2.24, 2.45) is 5.92 Å². The van der Waals surface area contributed by atoms with E-state index in [1.807, 2.05) is 32.0 Å². The van der Waals surface area contributed by atoms with Crippen LogP contribution in [0.25, 0.3) is 0 Å². The van der Waals surface area contributed by atoms with Gasteiger partial charge in [0.05, 0.1) is 19.3 Å². The van der Waals surface area contributed by atoms with Gasteiger partial charge >= 0.3 is 11.8 Å². The fourth-order valence-corrected chi connectivity index (χ4v) is 3.11. The van der Waals surface area contributed by atoms with E-state index in [4.69, 9.17) is 14.2 Å². The van der Waals surface area contributed by atoms with E-state index in [1.165, 1.54) is 0 Å². The average Bonchev–Trinajstić information content (AvgIpc) is 3.14. The molecular formula is C19H27N3O5. The molecule has 148 valence electrons. The van der Waals surface area contributed by atoms with E-state index >= 15 is 0 Å². The van der Waals surface area contributed by atoms with Crippen molar-refractivity contribution in [2.75, 3.05) is 46.2 Å². The number of hydrogen-bond acceptors (Lipinski definition) is 6. The lowest BCUT2D eigenvalue weighted by molar-refractivity contribution is -0.139. The van der Waals surface area contributed by atoms with Crippen molar-refractivity contribution < 1.29 is 23.8 Å². The lowest BCUT2D eigenvalue weighted by atomic mass is 10.0. The van der Waals surface area contributed by atoms with Crippen LogP contribution in [0.3, 0.4) is 0 Å². The van der Waals surface area contributed by atoms with Gasteiger partial charge in [0.2, 0.25) is 6.79 Å². The number of nitrogens with zero attached hydrogens (tertiary/aromatic N) is 1. The van der Waals surface area contributed by atoms with Gasteiger partial charge in [0.15, 0.2) is 11.5 Å². The molecule has 0 radical (unpaired) electrons. The first-order chi connectivity index (χ1) is 13.0. The Morgan fingerprint density at radius 1 is 1.04 bits per heavy atom. The normalized spacial score (nSPS) is 17.6. The fraction of sp³-hybridized carbons (Fsp3) is 0.579. The van der Waals surface area contributed by atoms with Crippen LogP contribution in [0.15, 0.2) is 18.2 Å². The van der Waals surface area contributed by atoms with E-state index in [-0.39, 0.29) is 18.8 Å². The molecule has 1 aromatic carbocycles. The van der Waals surface area contributed by atoms with Crippen molar-refractivity contribution in [1.29, 1.82) is 0 Å². The predicted octanol–water partition coefficient (Wildman–Crippen LogP) is 0.677. The lowest BCUT2D eigenvalue weighted by Crippen LogP contribution is -2.47. The van der Waals surface area contributed by atoms with Crippen LogP contribution >= 0.6 is 0 Å². The van der Waals surface area contributed by atoms with E-state index < -0.39 is 11.8 Å². The minimum atomic E-state index is -0.616. The number of fused-ring (bicyclic) bond motifs is 1. The zero-order chi connectivity index (χ0) is 19.2. The van der Waals surface area contributed by atoms with Gasteiger partial charge in [-0.25, -0.2) is 0 Å². The Balaban J connectivity index is 1.67. The minimum absolute atomic E-state index is 0.0785. The van der Waals surface area contributed by atoms with Gasteiger partial charge in [-0.3, -0.25) is 14.5 Å². The Labute approximate surface area is 159 Å². The highest BCUT2D eigenvalue weighted by atomic mass is 16.7. The molecule has 1 fully saturated rings. The van der Waals surface area contributed by atoms with Crippen LogP contribution in [0.5, 0.6) is 11.5 Å². The Kier molecular flexibility index (Phi) is 6.52. The van der Waals surface area contributed by atoms with Gasteiger partial charge in [-0.15, -0.1) is 0 Å². The largest absolute Gasteiger partial charge is 0.454 e. The predicted molar refractivity (Wildman–Crippen MR) is 98.6 cm³/mol. The molecule has 1 unspecified atom stereocenters. The molecule has 2 heterocycles. The molecule has 0 bridgehead atoms. The molecular weight excluding hydrogens is 350 g/mol. The SMILES string of the molecule is CC(C)CNC(=O)C(=O)NCC(c1ccc2c(c1)OCO2)N1CCOCC1. The molecule has 8 heteroatoms. The molecule has 1 aromatic rings. The zero-order valence-corrected chi connectivity index (χ0v) is 15.8. The molecule has 0 saturated carbocycles. The molecule has 2 amide bonds. The zero-order valence-electron chi connectivity index (χ0n) is 15.8. The molecule has 0 aliphatic carbocycles. The summed E-state index contributed by atoms with van der Waals surface area (Å²) in [4.78, 5) is 26.3. The first-order valence-corrected chi connectivity index (χ1v) is 9.32. The third-order valence-electron chi connectivity index (χ3n) is 4.60. The molecule has 8 nitrogen and oxygen atoms in total. The number of nitrogens with one attached hydrogen (secondary N) is 2. The summed E-state index contributed by atoms with van der Waals surface area (Å²) >= 11 is 0. The molecule has 2 aliphatic heterocycles. The highest BCUT2D eigenvalue weighted by molar-refractivity contribution is 6.35. The van der Waals surface area contributed by atoms with Crippen LogP contribution < -0.4 is 20.1 Å². The van der Waals surface area contributed by atoms with Gasteiger partial charge in [0, 0.05) is 26.2 Å². The molecule has 2 aliphatic rings. The summed E-state index contributed by atoms with van der Waals surface area (Å²) in [6.07, 6.45) is 0. The molecule has 1 atom stereocenters. The fourth-order valence-electron chi connectivity index (χ4n) is 3.11. The Bertz CT molecular complexity index is 673. The smallest absolute Gasteiger partial charge is 0.309 e. The number of carbonyl (C=O) groups excluding carboxylic acids is 2. The van der Waals surface area contributed by atoms with Crippen LogP contribution in [0.2, 0.25) is 0 Å². The number of benzene rings is 1. The molecule has 1 saturated heterocycles. The second-order valence-corrected chi connectivity index (χ2v) is 7.09. The van der Waals surface area contributed by atoms with Crippen LogP contribution in [0.1, 0.15) is 25.5 Å². The molecule has 3 rings (SSSR count). The number of amides is 2. The third-order valence-corrected chi connectivity index (χ3v) is 4.60. The van der Waals surface area contributed by atoms with Gasteiger partial charge < -0.3 is 24.8 Å². The van der Waals surface area contributed by atoms with Crippen LogP contribution in [-0.2, 0) is 14.3 Å². The number of rotatable bonds is 6. The quantitative estimate of drug-likeness (QED) is 0.709. The maximum Gasteiger partial charge on any atom is 0.309 e. The van der Waals surface area contributed by atoms with Crippen molar-refractivity contribution in [3.05, 3.63) is 23.8 Å². The lowest BCUT2D eigenvalue weighted by Gasteiger charge is -2.35. The highest BCUT2D eigenvalue weighted by Crippen LogP contribution is 2.35. The van der Waals surface area contributed by atoms with E-state index in [2.05, 4.69) is 15.5 Å². The Morgan fingerprint density at radius 2 is 1.70 bits per heavy atom. The Hall–Kier alpha value is -2.32. The second-order valence-electron chi connectivity index (χ2n) is 7.09. The first-order valence-electron chi connectivity index (χ1n) is 9.32. The van der Waals surface area contributed by atoms with Crippen molar-refractivity contribution in [2.45, 2.75) is 19.9 Å². The molecule has 27 heavy (non-hydrogen) atoms. The Morgan fingerprint density at radius 3 is 2.41 bits per heavy atom. The number of carbonyl (C=O) groups is 2. The maximum absolute atomic E-state index is 12.2. The van der Waals surface area contributed by atoms with Crippen LogP contribution in [0, 0.1) is 5.92 Å². The first kappa shape index (κ1) is 19.4. The number of hydrogen-bond donors (Lipinski definition) is 2. The van der Waals surface area contributed by atoms with E-state index in [0.29, 0.717) is 32.1 Å². The molecule has 2 N–H and O–H groups in total. The maximum atomic E-state index is 12.2. The van der Waals surface area contributed by atoms with Crippen molar-refractivity contribution >= 4 is 11.8 Å². The van der Waals surface area contributed by atoms with E-state index in [0.717, 1.165) is 24.4 Å². The summed E-state index contributed by atoms with van der Waals surface area (Å²) in [5, 5.41) is 5.40. The summed E-state index contributed by atoms with van der Waals surface area (Å²) in [5.41, 5.74) is 1.00. The van der Waals surface area contributed by atoms with Gasteiger partial charge in [-0.05, 0) is 23.6 Å². The third kappa shape index (κ3) is 5.11. The molecule has 0 spiro atoms. The van der Waals surface area contributed by atoms with Crippen molar-refractivity contribution in [3.8, 4) is 11.5 Å². The monoisotopic (exact) mass is 377 g/mol. The second kappa shape index (κ2) is 9.05. The standard InChI is InChI=1S/C19H27N3O5/c1-13(2)10-20-18(23)19(24)21-11-15(22-5-7-25-8-6-22)14-3-4-16-17(9-14)27-12-26-16/h3-4,9,13,15H,5-8,10-12H2,1-2H3,(H,20,23)(H,21,24). The van der Waals surface area contributed by atoms with Gasteiger partial charge in [-0.1, -0.05) is 19.9 Å². The van der Waals surface area contributed by atoms with E-state index in [1.54, 1.807) is 0 Å². The van der Waals surface area contributed by atoms with Gasteiger partial charge in [0.1, 0.15) is 0 Å². The van der Waals surface area contributed by atoms with Crippen LogP contribution in [0.4, 0.5) is 0 Å². The van der Waals surface area contributed by atoms with Crippen LogP contribution in [-0.4, -0.2) is 62.9 Å². The average molecular weight is 377 g/mol. The van der Waals surface area contributed by atoms with Gasteiger partial charge in [0.25, 0.3) is 0 Å². The van der Waals surface area contributed by atoms with E-state index in [9.17, 15) is 9.59 Å². The summed E-state index contributed by atoms with van der Waals surface area (Å²) < 4.78 is 16.3.